The van der Waals surface area contributed by atoms with E-state index in [-0.39, 0.29) is 11.8 Å². The molecular formula is C20H15ClF2N6OS2. The number of aryl methyl sites for hydroxylation is 1. The number of aromatic nitrogens is 4. The Morgan fingerprint density at radius 2 is 2.12 bits per heavy atom. The van der Waals surface area contributed by atoms with Crippen LogP contribution in [-0.4, -0.2) is 49.4 Å². The molecule has 1 aromatic carbocycles. The van der Waals surface area contributed by atoms with Gasteiger partial charge in [0, 0.05) is 10.8 Å². The molecule has 0 radical (unpaired) electrons. The normalized spacial score (nSPS) is 19.7. The molecular weight excluding hydrogens is 478 g/mol. The van der Waals surface area contributed by atoms with Gasteiger partial charge in [-0.05, 0) is 48.5 Å². The number of hydrogen-bond acceptors (Lipinski definition) is 8. The molecule has 1 N–H and O–H groups in total. The van der Waals surface area contributed by atoms with Gasteiger partial charge in [-0.2, -0.15) is 0 Å². The number of rotatable bonds is 3. The summed E-state index contributed by atoms with van der Waals surface area (Å²) in [6.07, 6.45) is 3.32. The van der Waals surface area contributed by atoms with Crippen LogP contribution in [-0.2, 0) is 17.6 Å². The molecule has 1 aliphatic carbocycles. The van der Waals surface area contributed by atoms with Crippen molar-refractivity contribution >= 4 is 72.3 Å². The van der Waals surface area contributed by atoms with E-state index in [0.29, 0.717) is 35.8 Å². The van der Waals surface area contributed by atoms with Crippen LogP contribution in [0, 0.1) is 5.92 Å². The third-order valence-corrected chi connectivity index (χ3v) is 8.10. The number of anilines is 2. The summed E-state index contributed by atoms with van der Waals surface area (Å²) in [7, 11) is 0. The smallest absolute Gasteiger partial charge is 0.282 e. The van der Waals surface area contributed by atoms with Gasteiger partial charge in [-0.1, -0.05) is 16.1 Å². The van der Waals surface area contributed by atoms with Crippen molar-refractivity contribution in [2.45, 2.75) is 25.2 Å². The van der Waals surface area contributed by atoms with Crippen LogP contribution in [0.1, 0.15) is 16.9 Å². The number of nitrogens with one attached hydrogen (secondary N) is 1. The molecule has 0 bridgehead atoms. The SMILES string of the molecule is O=C([C@H]1CCc2c(sc3ncnc(Nc4cc5snnc5cc4Cl)c23)C1)N1CC(F)(F)C1. The van der Waals surface area contributed by atoms with Crippen LogP contribution in [0.4, 0.5) is 20.3 Å². The molecule has 1 atom stereocenters. The first-order valence-corrected chi connectivity index (χ1v) is 12.0. The molecule has 4 heterocycles. The van der Waals surface area contributed by atoms with Crippen LogP contribution in [0.2, 0.25) is 5.02 Å². The number of carbonyl (C=O) groups is 1. The lowest BCUT2D eigenvalue weighted by Gasteiger charge is -2.41. The molecule has 0 saturated carbocycles. The van der Waals surface area contributed by atoms with Crippen LogP contribution in [0.5, 0.6) is 0 Å². The Balaban J connectivity index is 1.31. The van der Waals surface area contributed by atoms with Crippen molar-refractivity contribution in [3.8, 4) is 0 Å². The number of benzene rings is 1. The lowest BCUT2D eigenvalue weighted by atomic mass is 9.86. The summed E-state index contributed by atoms with van der Waals surface area (Å²) in [6, 6.07) is 3.66. The van der Waals surface area contributed by atoms with Crippen LogP contribution < -0.4 is 5.32 Å². The summed E-state index contributed by atoms with van der Waals surface area (Å²) in [6.45, 7) is -0.941. The van der Waals surface area contributed by atoms with Crippen LogP contribution in [0.3, 0.4) is 0 Å². The van der Waals surface area contributed by atoms with Gasteiger partial charge in [-0.15, -0.1) is 16.4 Å². The first-order chi connectivity index (χ1) is 15.4. The molecule has 164 valence electrons. The van der Waals surface area contributed by atoms with Gasteiger partial charge in [0.05, 0.1) is 33.9 Å². The number of thiophene rings is 1. The number of amides is 1. The highest BCUT2D eigenvalue weighted by Crippen LogP contribution is 2.42. The molecule has 4 aromatic rings. The molecule has 1 aliphatic heterocycles. The Morgan fingerprint density at radius 1 is 1.28 bits per heavy atom. The molecule has 3 aromatic heterocycles. The van der Waals surface area contributed by atoms with Crippen molar-refractivity contribution in [3.63, 3.8) is 0 Å². The molecule has 1 amide bonds. The lowest BCUT2D eigenvalue weighted by molar-refractivity contribution is -0.169. The Kier molecular flexibility index (Phi) is 4.57. The molecule has 2 aliphatic rings. The van der Waals surface area contributed by atoms with Crippen molar-refractivity contribution in [1.29, 1.82) is 0 Å². The highest BCUT2D eigenvalue weighted by atomic mass is 35.5. The van der Waals surface area contributed by atoms with E-state index < -0.39 is 19.0 Å². The van der Waals surface area contributed by atoms with Gasteiger partial charge in [0.1, 0.15) is 22.5 Å². The van der Waals surface area contributed by atoms with E-state index in [2.05, 4.69) is 24.9 Å². The second kappa shape index (κ2) is 7.26. The Morgan fingerprint density at radius 3 is 2.94 bits per heavy atom. The van der Waals surface area contributed by atoms with Gasteiger partial charge in [0.2, 0.25) is 5.91 Å². The number of hydrogen-bond donors (Lipinski definition) is 1. The fourth-order valence-corrected chi connectivity index (χ4v) is 6.42. The zero-order valence-corrected chi connectivity index (χ0v) is 18.8. The summed E-state index contributed by atoms with van der Waals surface area (Å²) < 4.78 is 31.2. The first-order valence-electron chi connectivity index (χ1n) is 9.98. The van der Waals surface area contributed by atoms with Crippen molar-refractivity contribution in [1.82, 2.24) is 24.5 Å². The molecule has 1 saturated heterocycles. The number of likely N-dealkylation sites (tertiary alicyclic amines) is 1. The highest BCUT2D eigenvalue weighted by Gasteiger charge is 2.48. The Labute approximate surface area is 193 Å². The van der Waals surface area contributed by atoms with E-state index >= 15 is 0 Å². The predicted octanol–water partition coefficient (Wildman–Crippen LogP) is 4.68. The zero-order valence-electron chi connectivity index (χ0n) is 16.4. The van der Waals surface area contributed by atoms with Crippen molar-refractivity contribution in [2.75, 3.05) is 18.4 Å². The van der Waals surface area contributed by atoms with E-state index in [4.69, 9.17) is 11.6 Å². The largest absolute Gasteiger partial charge is 0.338 e. The van der Waals surface area contributed by atoms with E-state index in [1.54, 1.807) is 6.07 Å². The van der Waals surface area contributed by atoms with Gasteiger partial charge < -0.3 is 10.2 Å². The molecule has 12 heteroatoms. The van der Waals surface area contributed by atoms with Crippen LogP contribution >= 0.6 is 34.5 Å². The summed E-state index contributed by atoms with van der Waals surface area (Å²) in [4.78, 5) is 24.7. The van der Waals surface area contributed by atoms with Gasteiger partial charge in [-0.25, -0.2) is 18.7 Å². The second-order valence-corrected chi connectivity index (χ2v) is 10.4. The molecule has 6 rings (SSSR count). The average Bonchev–Trinajstić information content (AvgIpc) is 3.35. The molecule has 7 nitrogen and oxygen atoms in total. The summed E-state index contributed by atoms with van der Waals surface area (Å²) in [5, 5.41) is 8.80. The van der Waals surface area contributed by atoms with Crippen LogP contribution in [0.25, 0.3) is 20.4 Å². The highest BCUT2D eigenvalue weighted by molar-refractivity contribution is 7.19. The van der Waals surface area contributed by atoms with Gasteiger partial charge in [-0.3, -0.25) is 4.79 Å². The monoisotopic (exact) mass is 492 g/mol. The standard InChI is InChI=1S/C20H15ClF2N6OS2/c21-11-4-13-15(32-28-27-13)5-12(11)26-17-16-10-2-1-9(19(30)29-6-20(22,23)7-29)3-14(10)31-18(16)25-8-24-17/h4-5,8-9H,1-3,6-7H2,(H,24,25,26)/t9-/m0/s1. The number of halogens is 3. The summed E-state index contributed by atoms with van der Waals surface area (Å²) >= 11 is 9.26. The molecule has 0 unspecified atom stereocenters. The second-order valence-electron chi connectivity index (χ2n) is 8.09. The van der Waals surface area contributed by atoms with E-state index in [1.807, 2.05) is 6.07 Å². The number of nitrogens with zero attached hydrogens (tertiary/aromatic N) is 5. The predicted molar refractivity (Wildman–Crippen MR) is 120 cm³/mol. The number of alkyl halides is 2. The fourth-order valence-electron chi connectivity index (χ4n) is 4.37. The topological polar surface area (TPSA) is 83.9 Å². The van der Waals surface area contributed by atoms with E-state index in [9.17, 15) is 13.6 Å². The average molecular weight is 493 g/mol. The Bertz CT molecular complexity index is 1380. The van der Waals surface area contributed by atoms with Crippen molar-refractivity contribution in [3.05, 3.63) is 33.9 Å². The van der Waals surface area contributed by atoms with E-state index in [1.165, 1.54) is 34.1 Å². The zero-order chi connectivity index (χ0) is 22.0. The number of fused-ring (bicyclic) bond motifs is 4. The minimum atomic E-state index is -2.75. The minimum absolute atomic E-state index is 0.179. The van der Waals surface area contributed by atoms with Crippen molar-refractivity contribution < 1.29 is 13.6 Å². The third-order valence-electron chi connectivity index (χ3n) is 5.94. The maximum Gasteiger partial charge on any atom is 0.282 e. The summed E-state index contributed by atoms with van der Waals surface area (Å²) in [5.41, 5.74) is 2.55. The summed E-state index contributed by atoms with van der Waals surface area (Å²) in [5.74, 6) is -2.55. The van der Waals surface area contributed by atoms with Crippen molar-refractivity contribution in [2.24, 2.45) is 5.92 Å². The maximum absolute atomic E-state index is 13.2. The van der Waals surface area contributed by atoms with E-state index in [0.717, 1.165) is 30.9 Å². The Hall–Kier alpha value is -2.50. The maximum atomic E-state index is 13.2. The van der Waals surface area contributed by atoms with Gasteiger partial charge in [0.15, 0.2) is 0 Å². The quantitative estimate of drug-likeness (QED) is 0.447. The molecule has 1 fully saturated rings. The van der Waals surface area contributed by atoms with Crippen LogP contribution in [0.15, 0.2) is 18.5 Å². The fraction of sp³-hybridized carbons (Fsp3) is 0.350. The third kappa shape index (κ3) is 3.30. The van der Waals surface area contributed by atoms with Gasteiger partial charge in [0.25, 0.3) is 5.92 Å². The number of carbonyl (C=O) groups excluding carboxylic acids is 1. The molecule has 0 spiro atoms. The van der Waals surface area contributed by atoms with Gasteiger partial charge >= 0.3 is 0 Å². The molecule has 32 heavy (non-hydrogen) atoms. The lowest BCUT2D eigenvalue weighted by Crippen LogP contribution is -2.60. The minimum Gasteiger partial charge on any atom is -0.338 e. The first kappa shape index (κ1) is 20.1.